The Bertz CT molecular complexity index is 785. The lowest BCUT2D eigenvalue weighted by atomic mass is 10.2. The minimum absolute atomic E-state index is 0.118. The first-order valence-electron chi connectivity index (χ1n) is 6.50. The third-order valence-corrected chi connectivity index (χ3v) is 3.27. The number of hydrogen-bond donors (Lipinski definition) is 1. The van der Waals surface area contributed by atoms with Crippen LogP contribution in [0.1, 0.15) is 0 Å². The van der Waals surface area contributed by atoms with Crippen molar-refractivity contribution in [3.63, 3.8) is 0 Å². The Morgan fingerprint density at radius 3 is 2.77 bits per heavy atom. The molecule has 116 valence electrons. The van der Waals surface area contributed by atoms with E-state index in [2.05, 4.69) is 10.3 Å². The largest absolute Gasteiger partial charge is 0.347 e. The first kappa shape index (κ1) is 16.0. The van der Waals surface area contributed by atoms with Crippen molar-refractivity contribution >= 4 is 34.3 Å². The molecule has 0 aliphatic rings. The van der Waals surface area contributed by atoms with E-state index in [9.17, 15) is 14.4 Å². The zero-order valence-electron chi connectivity index (χ0n) is 12.2. The Morgan fingerprint density at radius 1 is 1.36 bits per heavy atom. The van der Waals surface area contributed by atoms with E-state index in [0.717, 1.165) is 0 Å². The molecular weight excluding hydrogens is 308 g/mol. The van der Waals surface area contributed by atoms with Crippen LogP contribution in [0.5, 0.6) is 0 Å². The maximum atomic E-state index is 12.3. The number of amides is 2. The molecule has 1 aromatic carbocycles. The number of halogens is 1. The number of hydrogen-bond acceptors (Lipinski definition) is 4. The van der Waals surface area contributed by atoms with Crippen molar-refractivity contribution in [2.75, 3.05) is 20.6 Å². The van der Waals surface area contributed by atoms with Crippen molar-refractivity contribution in [2.45, 2.75) is 6.54 Å². The van der Waals surface area contributed by atoms with Gasteiger partial charge in [0.1, 0.15) is 6.54 Å². The van der Waals surface area contributed by atoms with Crippen molar-refractivity contribution in [3.8, 4) is 0 Å². The van der Waals surface area contributed by atoms with Crippen LogP contribution in [0.2, 0.25) is 5.02 Å². The van der Waals surface area contributed by atoms with Crippen molar-refractivity contribution in [1.29, 1.82) is 0 Å². The summed E-state index contributed by atoms with van der Waals surface area (Å²) < 4.78 is 1.17. The quantitative estimate of drug-likeness (QED) is 0.874. The average Bonchev–Trinajstić information content (AvgIpc) is 2.48. The van der Waals surface area contributed by atoms with Crippen LogP contribution in [0.4, 0.5) is 0 Å². The highest BCUT2D eigenvalue weighted by molar-refractivity contribution is 6.31. The molecule has 8 heteroatoms. The van der Waals surface area contributed by atoms with Gasteiger partial charge in [0.25, 0.3) is 5.56 Å². The molecular formula is C14H15ClN4O3. The van der Waals surface area contributed by atoms with Crippen molar-refractivity contribution in [1.82, 2.24) is 19.8 Å². The van der Waals surface area contributed by atoms with Crippen molar-refractivity contribution < 1.29 is 9.59 Å². The van der Waals surface area contributed by atoms with Gasteiger partial charge in [-0.1, -0.05) is 11.6 Å². The van der Waals surface area contributed by atoms with Crippen LogP contribution in [-0.2, 0) is 16.1 Å². The fraction of sp³-hybridized carbons (Fsp3) is 0.286. The summed E-state index contributed by atoms with van der Waals surface area (Å²) in [6.07, 6.45) is 1.30. The van der Waals surface area contributed by atoms with Gasteiger partial charge in [0.2, 0.25) is 11.8 Å². The first-order valence-corrected chi connectivity index (χ1v) is 6.88. The second-order valence-corrected chi connectivity index (χ2v) is 5.34. The van der Waals surface area contributed by atoms with Gasteiger partial charge in [0.15, 0.2) is 0 Å². The second-order valence-electron chi connectivity index (χ2n) is 4.90. The van der Waals surface area contributed by atoms with E-state index in [1.807, 2.05) is 0 Å². The molecule has 1 N–H and O–H groups in total. The van der Waals surface area contributed by atoms with Gasteiger partial charge in [-0.05, 0) is 18.2 Å². The van der Waals surface area contributed by atoms with Crippen molar-refractivity contribution in [3.05, 3.63) is 39.9 Å². The topological polar surface area (TPSA) is 84.3 Å². The Morgan fingerprint density at radius 2 is 2.09 bits per heavy atom. The Balaban J connectivity index is 2.15. The zero-order valence-corrected chi connectivity index (χ0v) is 12.9. The molecule has 22 heavy (non-hydrogen) atoms. The van der Waals surface area contributed by atoms with E-state index >= 15 is 0 Å². The van der Waals surface area contributed by atoms with Gasteiger partial charge in [-0.15, -0.1) is 0 Å². The SMILES string of the molecule is CN(C)C(=O)CNC(=O)Cn1cnc2ccc(Cl)cc2c1=O. The van der Waals surface area contributed by atoms with Crippen LogP contribution in [0.15, 0.2) is 29.3 Å². The molecule has 2 amide bonds. The van der Waals surface area contributed by atoms with E-state index in [1.54, 1.807) is 26.2 Å². The van der Waals surface area contributed by atoms with Gasteiger partial charge in [0.05, 0.1) is 23.8 Å². The maximum absolute atomic E-state index is 12.3. The number of likely N-dealkylation sites (N-methyl/N-ethyl adjacent to an activating group) is 1. The van der Waals surface area contributed by atoms with Gasteiger partial charge in [-0.25, -0.2) is 4.98 Å². The highest BCUT2D eigenvalue weighted by Gasteiger charge is 2.10. The third-order valence-electron chi connectivity index (χ3n) is 3.04. The van der Waals surface area contributed by atoms with E-state index in [4.69, 9.17) is 11.6 Å². The molecule has 0 aliphatic heterocycles. The van der Waals surface area contributed by atoms with Crippen LogP contribution in [-0.4, -0.2) is 46.9 Å². The van der Waals surface area contributed by atoms with Gasteiger partial charge >= 0.3 is 0 Å². The summed E-state index contributed by atoms with van der Waals surface area (Å²) in [5.74, 6) is -0.676. The molecule has 2 aromatic rings. The van der Waals surface area contributed by atoms with Crippen LogP contribution >= 0.6 is 11.6 Å². The number of fused-ring (bicyclic) bond motifs is 1. The molecule has 0 radical (unpaired) electrons. The van der Waals surface area contributed by atoms with Crippen LogP contribution in [0.3, 0.4) is 0 Å². The van der Waals surface area contributed by atoms with Gasteiger partial charge in [0, 0.05) is 19.1 Å². The summed E-state index contributed by atoms with van der Waals surface area (Å²) in [6, 6.07) is 4.79. The fourth-order valence-electron chi connectivity index (χ4n) is 1.79. The van der Waals surface area contributed by atoms with E-state index < -0.39 is 5.91 Å². The van der Waals surface area contributed by atoms with Crippen LogP contribution in [0.25, 0.3) is 10.9 Å². The van der Waals surface area contributed by atoms with Crippen molar-refractivity contribution in [2.24, 2.45) is 0 Å². The molecule has 2 rings (SSSR count). The second kappa shape index (κ2) is 6.57. The zero-order chi connectivity index (χ0) is 16.3. The molecule has 0 bridgehead atoms. The van der Waals surface area contributed by atoms with Crippen LogP contribution in [0, 0.1) is 0 Å². The third kappa shape index (κ3) is 3.62. The minimum Gasteiger partial charge on any atom is -0.347 e. The Labute approximate surface area is 131 Å². The summed E-state index contributed by atoms with van der Waals surface area (Å²) in [7, 11) is 3.19. The predicted octanol–water partition coefficient (Wildman–Crippen LogP) is 0.254. The summed E-state index contributed by atoms with van der Waals surface area (Å²) in [4.78, 5) is 40.9. The summed E-state index contributed by atoms with van der Waals surface area (Å²) in [6.45, 7) is -0.331. The summed E-state index contributed by atoms with van der Waals surface area (Å²) in [5, 5.41) is 3.22. The molecule has 0 aliphatic carbocycles. The smallest absolute Gasteiger partial charge is 0.261 e. The molecule has 0 saturated carbocycles. The first-order chi connectivity index (χ1) is 10.4. The number of aromatic nitrogens is 2. The lowest BCUT2D eigenvalue weighted by molar-refractivity contribution is -0.131. The number of carbonyl (C=O) groups is 2. The standard InChI is InChI=1S/C14H15ClN4O3/c1-18(2)13(21)6-16-12(20)7-19-8-17-11-4-3-9(15)5-10(11)14(19)22/h3-5,8H,6-7H2,1-2H3,(H,16,20). The van der Waals surface area contributed by atoms with Crippen LogP contribution < -0.4 is 10.9 Å². The molecule has 0 atom stereocenters. The number of rotatable bonds is 4. The van der Waals surface area contributed by atoms with Gasteiger partial charge in [-0.3, -0.25) is 19.0 Å². The molecule has 1 aromatic heterocycles. The molecule has 0 fully saturated rings. The number of nitrogens with one attached hydrogen (secondary N) is 1. The van der Waals surface area contributed by atoms with E-state index in [-0.39, 0.29) is 24.6 Å². The fourth-order valence-corrected chi connectivity index (χ4v) is 1.96. The lowest BCUT2D eigenvalue weighted by Crippen LogP contribution is -2.39. The minimum atomic E-state index is -0.444. The normalized spacial score (nSPS) is 10.5. The highest BCUT2D eigenvalue weighted by Crippen LogP contribution is 2.13. The Hall–Kier alpha value is -2.41. The number of benzene rings is 1. The molecule has 0 saturated heterocycles. The molecule has 1 heterocycles. The lowest BCUT2D eigenvalue weighted by Gasteiger charge is -2.11. The monoisotopic (exact) mass is 322 g/mol. The molecule has 0 spiro atoms. The van der Waals surface area contributed by atoms with E-state index in [0.29, 0.717) is 15.9 Å². The highest BCUT2D eigenvalue weighted by atomic mass is 35.5. The maximum Gasteiger partial charge on any atom is 0.261 e. The summed E-state index contributed by atoms with van der Waals surface area (Å²) >= 11 is 5.87. The average molecular weight is 323 g/mol. The molecule has 7 nitrogen and oxygen atoms in total. The van der Waals surface area contributed by atoms with Gasteiger partial charge in [-0.2, -0.15) is 0 Å². The Kier molecular flexibility index (Phi) is 4.77. The summed E-state index contributed by atoms with van der Waals surface area (Å²) in [5.41, 5.74) is 0.149. The van der Waals surface area contributed by atoms with Gasteiger partial charge < -0.3 is 10.2 Å². The molecule has 0 unspecified atom stereocenters. The predicted molar refractivity (Wildman–Crippen MR) is 82.7 cm³/mol. The number of nitrogens with zero attached hydrogens (tertiary/aromatic N) is 3. The number of carbonyl (C=O) groups excluding carboxylic acids is 2. The van der Waals surface area contributed by atoms with E-state index in [1.165, 1.54) is 21.9 Å².